The van der Waals surface area contributed by atoms with E-state index in [9.17, 15) is 23.1 Å². The number of aliphatic hydroxyl groups is 1. The molecule has 2 rings (SSSR count). The Bertz CT molecular complexity index is 831. The summed E-state index contributed by atoms with van der Waals surface area (Å²) in [7, 11) is 1.17. The Morgan fingerprint density at radius 1 is 1.27 bits per heavy atom. The Morgan fingerprint density at radius 3 is 2.58 bits per heavy atom. The molecule has 1 aromatic heterocycles. The summed E-state index contributed by atoms with van der Waals surface area (Å²) < 4.78 is 48.6. The van der Waals surface area contributed by atoms with E-state index in [4.69, 9.17) is 4.74 Å². The first-order valence-corrected chi connectivity index (χ1v) is 7.46. The number of aryl methyl sites for hydroxylation is 1. The fourth-order valence-electron chi connectivity index (χ4n) is 2.28. The van der Waals surface area contributed by atoms with Gasteiger partial charge in [-0.2, -0.15) is 13.2 Å². The van der Waals surface area contributed by atoms with Crippen LogP contribution in [0, 0.1) is 6.92 Å². The molecule has 1 aromatic carbocycles. The van der Waals surface area contributed by atoms with Gasteiger partial charge in [-0.3, -0.25) is 0 Å². The van der Waals surface area contributed by atoms with Crippen molar-refractivity contribution in [2.75, 3.05) is 7.11 Å². The monoisotopic (exact) mass is 367 g/mol. The Balaban J connectivity index is 2.29. The Labute approximate surface area is 147 Å². The van der Waals surface area contributed by atoms with E-state index < -0.39 is 17.7 Å². The molecule has 0 bridgehead atoms. The maximum absolute atomic E-state index is 12.9. The minimum absolute atomic E-state index is 0.0973. The van der Waals surface area contributed by atoms with Crippen LogP contribution in [0.4, 0.5) is 13.2 Å². The standard InChI is InChI=1S/C18H16F3NO4/c1-11-7-13(18(19,20)21)8-16(22-11)26-10-12-5-3-4-6-14(12)15(9-23)17(24)25-2/h3-9,23H,10H2,1-2H3/b15-9+. The second-order valence-corrected chi connectivity index (χ2v) is 5.31. The highest BCUT2D eigenvalue weighted by Gasteiger charge is 2.31. The first-order valence-electron chi connectivity index (χ1n) is 7.46. The molecule has 1 heterocycles. The Kier molecular flexibility index (Phi) is 5.86. The zero-order valence-electron chi connectivity index (χ0n) is 14.0. The molecule has 2 aromatic rings. The number of esters is 1. The van der Waals surface area contributed by atoms with Gasteiger partial charge < -0.3 is 14.6 Å². The molecule has 1 N–H and O–H groups in total. The van der Waals surface area contributed by atoms with E-state index in [1.165, 1.54) is 14.0 Å². The van der Waals surface area contributed by atoms with Gasteiger partial charge in [-0.25, -0.2) is 9.78 Å². The number of hydrogen-bond donors (Lipinski definition) is 1. The molecule has 0 unspecified atom stereocenters. The SMILES string of the molecule is COC(=O)/C(=C/O)c1ccccc1COc1cc(C(F)(F)F)cc(C)n1. The van der Waals surface area contributed by atoms with Gasteiger partial charge in [0, 0.05) is 11.8 Å². The fourth-order valence-corrected chi connectivity index (χ4v) is 2.28. The number of aliphatic hydroxyl groups excluding tert-OH is 1. The minimum Gasteiger partial charge on any atom is -0.515 e. The van der Waals surface area contributed by atoms with Gasteiger partial charge in [0.1, 0.15) is 12.2 Å². The molecular weight excluding hydrogens is 351 g/mol. The van der Waals surface area contributed by atoms with E-state index in [1.807, 2.05) is 0 Å². The van der Waals surface area contributed by atoms with E-state index in [0.29, 0.717) is 17.4 Å². The van der Waals surface area contributed by atoms with Crippen molar-refractivity contribution < 1.29 is 32.5 Å². The minimum atomic E-state index is -4.51. The number of ether oxygens (including phenoxy) is 2. The molecule has 0 aliphatic heterocycles. The third kappa shape index (κ3) is 4.53. The number of benzene rings is 1. The van der Waals surface area contributed by atoms with Crippen LogP contribution in [-0.4, -0.2) is 23.2 Å². The number of carbonyl (C=O) groups excluding carboxylic acids is 1. The predicted octanol–water partition coefficient (Wildman–Crippen LogP) is 4.06. The highest BCUT2D eigenvalue weighted by Crippen LogP contribution is 2.31. The van der Waals surface area contributed by atoms with Crippen molar-refractivity contribution in [1.29, 1.82) is 0 Å². The lowest BCUT2D eigenvalue weighted by Gasteiger charge is -2.13. The van der Waals surface area contributed by atoms with Crippen LogP contribution in [0.5, 0.6) is 5.88 Å². The van der Waals surface area contributed by atoms with Crippen molar-refractivity contribution in [3.8, 4) is 5.88 Å². The number of methoxy groups -OCH3 is 1. The summed E-state index contributed by atoms with van der Waals surface area (Å²) in [5, 5.41) is 9.31. The van der Waals surface area contributed by atoms with Crippen LogP contribution >= 0.6 is 0 Å². The van der Waals surface area contributed by atoms with Gasteiger partial charge in [-0.15, -0.1) is 0 Å². The number of hydrogen-bond acceptors (Lipinski definition) is 5. The van der Waals surface area contributed by atoms with Crippen molar-refractivity contribution in [1.82, 2.24) is 4.98 Å². The summed E-state index contributed by atoms with van der Waals surface area (Å²) >= 11 is 0. The molecule has 0 saturated heterocycles. The van der Waals surface area contributed by atoms with Crippen LogP contribution in [0.15, 0.2) is 42.7 Å². The normalized spacial score (nSPS) is 12.0. The van der Waals surface area contributed by atoms with Crippen molar-refractivity contribution in [3.05, 3.63) is 65.0 Å². The number of halogens is 3. The molecule has 0 spiro atoms. The lowest BCUT2D eigenvalue weighted by atomic mass is 10.0. The van der Waals surface area contributed by atoms with E-state index >= 15 is 0 Å². The average Bonchev–Trinajstić information content (AvgIpc) is 2.60. The highest BCUT2D eigenvalue weighted by atomic mass is 19.4. The van der Waals surface area contributed by atoms with Gasteiger partial charge in [0.2, 0.25) is 5.88 Å². The van der Waals surface area contributed by atoms with E-state index in [0.717, 1.165) is 12.1 Å². The summed E-state index contributed by atoms with van der Waals surface area (Å²) in [4.78, 5) is 15.7. The number of carbonyl (C=O) groups is 1. The van der Waals surface area contributed by atoms with Crippen molar-refractivity contribution in [2.24, 2.45) is 0 Å². The van der Waals surface area contributed by atoms with Gasteiger partial charge in [-0.05, 0) is 24.1 Å². The molecule has 0 fully saturated rings. The van der Waals surface area contributed by atoms with Crippen LogP contribution < -0.4 is 4.74 Å². The highest BCUT2D eigenvalue weighted by molar-refractivity contribution is 6.16. The lowest BCUT2D eigenvalue weighted by Crippen LogP contribution is -2.09. The second-order valence-electron chi connectivity index (χ2n) is 5.31. The van der Waals surface area contributed by atoms with Crippen LogP contribution in [0.2, 0.25) is 0 Å². The largest absolute Gasteiger partial charge is 0.515 e. The fraction of sp³-hybridized carbons (Fsp3) is 0.222. The molecule has 5 nitrogen and oxygen atoms in total. The van der Waals surface area contributed by atoms with Crippen molar-refractivity contribution >= 4 is 11.5 Å². The zero-order chi connectivity index (χ0) is 19.3. The zero-order valence-corrected chi connectivity index (χ0v) is 14.0. The Morgan fingerprint density at radius 2 is 1.96 bits per heavy atom. The predicted molar refractivity (Wildman–Crippen MR) is 87.4 cm³/mol. The third-order valence-corrected chi connectivity index (χ3v) is 3.47. The quantitative estimate of drug-likeness (QED) is 0.490. The maximum Gasteiger partial charge on any atom is 0.416 e. The van der Waals surface area contributed by atoms with Crippen LogP contribution in [0.25, 0.3) is 5.57 Å². The van der Waals surface area contributed by atoms with Crippen molar-refractivity contribution in [3.63, 3.8) is 0 Å². The average molecular weight is 367 g/mol. The van der Waals surface area contributed by atoms with Gasteiger partial charge in [-0.1, -0.05) is 24.3 Å². The molecule has 26 heavy (non-hydrogen) atoms. The summed E-state index contributed by atoms with van der Waals surface area (Å²) in [6, 6.07) is 8.20. The molecule has 0 aliphatic rings. The summed E-state index contributed by atoms with van der Waals surface area (Å²) in [5.74, 6) is -0.951. The van der Waals surface area contributed by atoms with Gasteiger partial charge in [0.05, 0.1) is 18.9 Å². The van der Waals surface area contributed by atoms with E-state index in [-0.39, 0.29) is 23.8 Å². The molecular formula is C18H16F3NO4. The molecule has 0 atom stereocenters. The number of nitrogens with zero attached hydrogens (tertiary/aromatic N) is 1. The lowest BCUT2D eigenvalue weighted by molar-refractivity contribution is -0.138. The summed E-state index contributed by atoms with van der Waals surface area (Å²) in [6.45, 7) is 1.28. The summed E-state index contributed by atoms with van der Waals surface area (Å²) in [5.41, 5.74) is 0.00731. The summed E-state index contributed by atoms with van der Waals surface area (Å²) in [6.07, 6.45) is -3.90. The molecule has 8 heteroatoms. The van der Waals surface area contributed by atoms with E-state index in [2.05, 4.69) is 9.72 Å². The third-order valence-electron chi connectivity index (χ3n) is 3.47. The van der Waals surface area contributed by atoms with Crippen LogP contribution in [0.3, 0.4) is 0 Å². The first-order chi connectivity index (χ1) is 12.3. The second kappa shape index (κ2) is 7.90. The maximum atomic E-state index is 12.9. The van der Waals surface area contributed by atoms with E-state index in [1.54, 1.807) is 24.3 Å². The van der Waals surface area contributed by atoms with Gasteiger partial charge >= 0.3 is 12.1 Å². The molecule has 0 radical (unpaired) electrons. The molecule has 138 valence electrons. The molecule has 0 aliphatic carbocycles. The van der Waals surface area contributed by atoms with Gasteiger partial charge in [0.15, 0.2) is 0 Å². The number of pyridine rings is 1. The molecule has 0 saturated carbocycles. The number of aromatic nitrogens is 1. The number of rotatable bonds is 5. The smallest absolute Gasteiger partial charge is 0.416 e. The Hall–Kier alpha value is -3.03. The van der Waals surface area contributed by atoms with Crippen LogP contribution in [-0.2, 0) is 22.3 Å². The first kappa shape index (κ1) is 19.3. The molecule has 0 amide bonds. The van der Waals surface area contributed by atoms with Gasteiger partial charge in [0.25, 0.3) is 0 Å². The topological polar surface area (TPSA) is 68.7 Å². The van der Waals surface area contributed by atoms with Crippen LogP contribution in [0.1, 0.15) is 22.4 Å². The van der Waals surface area contributed by atoms with Crippen molar-refractivity contribution in [2.45, 2.75) is 19.7 Å². The number of alkyl halides is 3.